The van der Waals surface area contributed by atoms with Crippen LogP contribution in [0, 0.1) is 0 Å². The molecule has 1 aliphatic heterocycles. The second kappa shape index (κ2) is 9.05. The zero-order chi connectivity index (χ0) is 23.7. The molecule has 1 saturated carbocycles. The monoisotopic (exact) mass is 479 g/mol. The van der Waals surface area contributed by atoms with Crippen molar-refractivity contribution in [1.82, 2.24) is 34.6 Å². The number of likely N-dealkylation sites (tertiary alicyclic amines) is 1. The van der Waals surface area contributed by atoms with Crippen LogP contribution in [0.3, 0.4) is 0 Å². The van der Waals surface area contributed by atoms with E-state index in [0.717, 1.165) is 18.5 Å². The number of hydrogen-bond acceptors (Lipinski definition) is 9. The molecule has 3 aromatic heterocycles. The van der Waals surface area contributed by atoms with Gasteiger partial charge in [0.15, 0.2) is 10.8 Å². The first kappa shape index (κ1) is 22.3. The van der Waals surface area contributed by atoms with E-state index in [2.05, 4.69) is 42.0 Å². The van der Waals surface area contributed by atoms with E-state index in [1.807, 2.05) is 11.1 Å². The molecule has 0 aromatic carbocycles. The van der Waals surface area contributed by atoms with Crippen LogP contribution in [0.25, 0.3) is 16.5 Å². The summed E-state index contributed by atoms with van der Waals surface area (Å²) < 4.78 is 1.80. The first-order valence-electron chi connectivity index (χ1n) is 10.9. The molecule has 5 rings (SSSR count). The van der Waals surface area contributed by atoms with Gasteiger partial charge in [-0.2, -0.15) is 0 Å². The first-order valence-corrected chi connectivity index (χ1v) is 11.8. The normalized spacial score (nSPS) is 18.2. The second-order valence-electron chi connectivity index (χ2n) is 8.81. The molecule has 1 saturated heterocycles. The summed E-state index contributed by atoms with van der Waals surface area (Å²) in [5, 5.41) is 22.7. The predicted molar refractivity (Wildman–Crippen MR) is 129 cm³/mol. The van der Waals surface area contributed by atoms with E-state index < -0.39 is 11.5 Å². The second-order valence-corrected chi connectivity index (χ2v) is 9.67. The third kappa shape index (κ3) is 5.19. The smallest absolute Gasteiger partial charge is 0.275 e. The highest BCUT2D eigenvalue weighted by molar-refractivity contribution is 7.13. The Hall–Kier alpha value is -3.48. The van der Waals surface area contributed by atoms with Crippen molar-refractivity contribution in [3.05, 3.63) is 48.3 Å². The fraction of sp³-hybridized carbons (Fsp3) is 0.364. The number of nitrogens with zero attached hydrogens (tertiary/aromatic N) is 7. The lowest BCUT2D eigenvalue weighted by atomic mass is 9.97. The highest BCUT2D eigenvalue weighted by atomic mass is 32.1. The molecule has 12 heteroatoms. The van der Waals surface area contributed by atoms with Crippen LogP contribution in [-0.2, 0) is 4.79 Å². The number of aliphatic hydroxyl groups is 1. The zero-order valence-electron chi connectivity index (χ0n) is 18.7. The van der Waals surface area contributed by atoms with Crippen LogP contribution in [0.15, 0.2) is 47.6 Å². The van der Waals surface area contributed by atoms with Gasteiger partial charge in [-0.25, -0.2) is 9.97 Å². The number of aromatic amines is 1. The Labute approximate surface area is 200 Å². The van der Waals surface area contributed by atoms with Crippen LogP contribution in [0.4, 0.5) is 5.82 Å². The summed E-state index contributed by atoms with van der Waals surface area (Å²) >= 11 is 1.34. The number of carbonyl (C=O) groups is 1. The van der Waals surface area contributed by atoms with E-state index in [1.165, 1.54) is 17.7 Å². The average molecular weight is 480 g/mol. The van der Waals surface area contributed by atoms with Gasteiger partial charge in [-0.05, 0) is 25.8 Å². The van der Waals surface area contributed by atoms with Gasteiger partial charge in [0.2, 0.25) is 0 Å². The number of imidazole rings is 1. The molecule has 1 aliphatic carbocycles. The third-order valence-electron chi connectivity index (χ3n) is 5.53. The number of aliphatic imine (C=N–C) groups is 1. The number of rotatable bonds is 9. The van der Waals surface area contributed by atoms with Crippen LogP contribution in [0.1, 0.15) is 31.4 Å². The number of anilines is 1. The number of β-amino-alcohol motifs (C(OH)–C–C–N with tert-alkyl or cyclic N) is 1. The molecular weight excluding hydrogens is 454 g/mol. The molecule has 0 unspecified atom stereocenters. The van der Waals surface area contributed by atoms with Gasteiger partial charge >= 0.3 is 0 Å². The molecule has 0 radical (unpaired) electrons. The van der Waals surface area contributed by atoms with E-state index >= 15 is 0 Å². The van der Waals surface area contributed by atoms with E-state index in [1.54, 1.807) is 35.5 Å². The van der Waals surface area contributed by atoms with Crippen LogP contribution in [0.2, 0.25) is 0 Å². The van der Waals surface area contributed by atoms with Crippen molar-refractivity contribution < 1.29 is 9.90 Å². The maximum Gasteiger partial charge on any atom is 0.275 e. The van der Waals surface area contributed by atoms with Crippen molar-refractivity contribution in [3.63, 3.8) is 0 Å². The highest BCUT2D eigenvalue weighted by Gasteiger charge is 2.35. The summed E-state index contributed by atoms with van der Waals surface area (Å²) in [5.41, 5.74) is 1.14. The minimum Gasteiger partial charge on any atom is -0.388 e. The van der Waals surface area contributed by atoms with Crippen LogP contribution in [0.5, 0.6) is 0 Å². The Morgan fingerprint density at radius 2 is 2.29 bits per heavy atom. The van der Waals surface area contributed by atoms with Crippen LogP contribution >= 0.6 is 11.3 Å². The zero-order valence-corrected chi connectivity index (χ0v) is 19.5. The topological polar surface area (TPSA) is 137 Å². The van der Waals surface area contributed by atoms with Crippen molar-refractivity contribution in [2.24, 2.45) is 4.99 Å². The molecule has 0 bridgehead atoms. The number of amides is 1. The van der Waals surface area contributed by atoms with Crippen LogP contribution in [-0.4, -0.2) is 77.1 Å². The van der Waals surface area contributed by atoms with Gasteiger partial charge in [0.25, 0.3) is 5.91 Å². The minimum absolute atomic E-state index is 0.188. The van der Waals surface area contributed by atoms with E-state index in [9.17, 15) is 9.90 Å². The van der Waals surface area contributed by atoms with Crippen LogP contribution < -0.4 is 5.32 Å². The fourth-order valence-electron chi connectivity index (χ4n) is 3.71. The molecule has 1 amide bonds. The molecule has 0 spiro atoms. The standard InChI is InChI=1S/C22H25N9O2S/c1-14(31-8-17(25-13-31)15-3-4-15)7-16(23-5-6-30-10-22(2,33)11-30)20(32)27-18-9-34-21(28-18)19-24-12-26-29-19/h5,7-9,12-13,15,33H,1,3-4,6,10-11H2,2H3,(H,27,32)(H,24,26,29)/b16-7-,23-5-. The van der Waals surface area contributed by atoms with E-state index in [-0.39, 0.29) is 5.70 Å². The Morgan fingerprint density at radius 1 is 1.47 bits per heavy atom. The summed E-state index contributed by atoms with van der Waals surface area (Å²) in [7, 11) is 0. The number of allylic oxidation sites excluding steroid dienone is 2. The molecule has 4 heterocycles. The van der Waals surface area contributed by atoms with Gasteiger partial charge in [-0.1, -0.05) is 6.58 Å². The maximum atomic E-state index is 13.1. The number of hydrogen-bond donors (Lipinski definition) is 3. The third-order valence-corrected chi connectivity index (χ3v) is 6.38. The number of carbonyl (C=O) groups excluding carboxylic acids is 1. The Kier molecular flexibility index (Phi) is 5.94. The lowest BCUT2D eigenvalue weighted by molar-refractivity contribution is -0.112. The molecule has 3 N–H and O–H groups in total. The van der Waals surface area contributed by atoms with Gasteiger partial charge in [-0.3, -0.25) is 14.7 Å². The summed E-state index contributed by atoms with van der Waals surface area (Å²) in [4.78, 5) is 31.3. The summed E-state index contributed by atoms with van der Waals surface area (Å²) in [5.74, 6) is 1.04. The summed E-state index contributed by atoms with van der Waals surface area (Å²) in [6, 6.07) is 0. The van der Waals surface area contributed by atoms with Gasteiger partial charge in [-0.15, -0.1) is 21.5 Å². The first-order chi connectivity index (χ1) is 16.4. The summed E-state index contributed by atoms with van der Waals surface area (Å²) in [6.45, 7) is 7.55. The maximum absolute atomic E-state index is 13.1. The molecule has 2 fully saturated rings. The van der Waals surface area contributed by atoms with Crippen molar-refractivity contribution in [1.29, 1.82) is 0 Å². The molecule has 2 aliphatic rings. The lowest BCUT2D eigenvalue weighted by Gasteiger charge is -2.43. The largest absolute Gasteiger partial charge is 0.388 e. The van der Waals surface area contributed by atoms with Gasteiger partial charge in [0.05, 0.1) is 17.6 Å². The molecule has 34 heavy (non-hydrogen) atoms. The number of aromatic nitrogens is 6. The van der Waals surface area contributed by atoms with Crippen molar-refractivity contribution in [2.45, 2.75) is 31.3 Å². The molecular formula is C22H25N9O2S. The Balaban J connectivity index is 1.31. The average Bonchev–Trinajstić information content (AvgIpc) is 3.19. The quantitative estimate of drug-likeness (QED) is 0.243. The van der Waals surface area contributed by atoms with Crippen molar-refractivity contribution in [3.8, 4) is 10.8 Å². The SMILES string of the molecule is C=C(/C=C(\N=C/CN1CC(C)(O)C1)C(=O)Nc1csc(-c2nnc[nH]2)n1)n1cnc(C2CC2)c1. The number of H-pyrrole nitrogens is 1. The predicted octanol–water partition coefficient (Wildman–Crippen LogP) is 2.13. The van der Waals surface area contributed by atoms with E-state index in [4.69, 9.17) is 0 Å². The highest BCUT2D eigenvalue weighted by Crippen LogP contribution is 2.39. The lowest BCUT2D eigenvalue weighted by Crippen LogP contribution is -2.60. The van der Waals surface area contributed by atoms with Crippen molar-refractivity contribution >= 4 is 35.0 Å². The molecule has 3 aromatic rings. The van der Waals surface area contributed by atoms with Gasteiger partial charge in [0.1, 0.15) is 17.8 Å². The Bertz CT molecular complexity index is 1240. The molecule has 176 valence electrons. The van der Waals surface area contributed by atoms with Gasteiger partial charge in [0, 0.05) is 49.0 Å². The van der Waals surface area contributed by atoms with Gasteiger partial charge < -0.3 is 20.0 Å². The molecule has 11 nitrogen and oxygen atoms in total. The van der Waals surface area contributed by atoms with Crippen molar-refractivity contribution in [2.75, 3.05) is 25.0 Å². The fourth-order valence-corrected chi connectivity index (χ4v) is 4.41. The van der Waals surface area contributed by atoms with E-state index in [0.29, 0.717) is 47.9 Å². The number of thiazole rings is 1. The minimum atomic E-state index is -0.662. The number of nitrogens with one attached hydrogen (secondary N) is 2. The Morgan fingerprint density at radius 3 is 3.00 bits per heavy atom. The molecule has 0 atom stereocenters. The summed E-state index contributed by atoms with van der Waals surface area (Å²) in [6.07, 6.45) is 10.7.